The third kappa shape index (κ3) is 3.77. The van der Waals surface area contributed by atoms with Crippen LogP contribution in [-0.2, 0) is 5.75 Å². The van der Waals surface area contributed by atoms with E-state index in [4.69, 9.17) is 8.94 Å². The summed E-state index contributed by atoms with van der Waals surface area (Å²) >= 11 is 2.75. The number of hydrogen-bond acceptors (Lipinski definition) is 11. The SMILES string of the molecule is Cc1nc(C)c(-c2nnc(SCc3nc(-c4cccc([N+](=O)[O-])c4)no3)o2)s1. The third-order valence-electron chi connectivity index (χ3n) is 3.61. The van der Waals surface area contributed by atoms with Gasteiger partial charge in [0.1, 0.15) is 4.88 Å². The molecule has 28 heavy (non-hydrogen) atoms. The van der Waals surface area contributed by atoms with E-state index in [-0.39, 0.29) is 11.5 Å². The van der Waals surface area contributed by atoms with Gasteiger partial charge in [0.25, 0.3) is 16.8 Å². The molecular weight excluding hydrogens is 404 g/mol. The first-order valence-electron chi connectivity index (χ1n) is 7.97. The standard InChI is InChI=1S/C16H12N6O4S2/c1-8-13(28-9(2)17-8)15-19-20-16(25-15)27-7-12-18-14(21-26-12)10-4-3-5-11(6-10)22(23)24/h3-6H,7H2,1-2H3. The molecule has 4 rings (SSSR count). The lowest BCUT2D eigenvalue weighted by Gasteiger charge is -1.94. The third-order valence-corrected chi connectivity index (χ3v) is 5.47. The normalized spacial score (nSPS) is 11.1. The van der Waals surface area contributed by atoms with Crippen LogP contribution in [0.1, 0.15) is 16.6 Å². The number of aryl methyl sites for hydroxylation is 2. The average Bonchev–Trinajstić information content (AvgIpc) is 3.40. The molecule has 0 aliphatic carbocycles. The molecule has 10 nitrogen and oxygen atoms in total. The van der Waals surface area contributed by atoms with Crippen molar-refractivity contribution in [3.63, 3.8) is 0 Å². The molecule has 0 saturated heterocycles. The highest BCUT2D eigenvalue weighted by Crippen LogP contribution is 2.31. The second-order valence-corrected chi connectivity index (χ2v) is 7.76. The Balaban J connectivity index is 1.45. The molecule has 0 aliphatic heterocycles. The Hall–Kier alpha value is -3.12. The number of nitro groups is 1. The fraction of sp³-hybridized carbons (Fsp3) is 0.188. The molecule has 0 amide bonds. The zero-order valence-corrected chi connectivity index (χ0v) is 16.3. The van der Waals surface area contributed by atoms with Gasteiger partial charge in [-0.25, -0.2) is 4.98 Å². The average molecular weight is 416 g/mol. The largest absolute Gasteiger partial charge is 0.410 e. The molecule has 0 spiro atoms. The lowest BCUT2D eigenvalue weighted by atomic mass is 10.2. The molecule has 0 fully saturated rings. The van der Waals surface area contributed by atoms with Gasteiger partial charge in [0.15, 0.2) is 0 Å². The number of hydrogen-bond donors (Lipinski definition) is 0. The smallest absolute Gasteiger partial charge is 0.277 e. The molecule has 0 atom stereocenters. The van der Waals surface area contributed by atoms with E-state index >= 15 is 0 Å². The van der Waals surface area contributed by atoms with Crippen molar-refractivity contribution in [2.24, 2.45) is 0 Å². The van der Waals surface area contributed by atoms with Crippen molar-refractivity contribution < 1.29 is 13.9 Å². The number of aromatic nitrogens is 5. The van der Waals surface area contributed by atoms with Gasteiger partial charge in [0.05, 0.1) is 21.4 Å². The predicted molar refractivity (Wildman–Crippen MR) is 101 cm³/mol. The lowest BCUT2D eigenvalue weighted by molar-refractivity contribution is -0.384. The van der Waals surface area contributed by atoms with Crippen LogP contribution in [0.2, 0.25) is 0 Å². The number of nitrogens with zero attached hydrogens (tertiary/aromatic N) is 6. The summed E-state index contributed by atoms with van der Waals surface area (Å²) in [6.45, 7) is 3.81. The van der Waals surface area contributed by atoms with Crippen LogP contribution in [0, 0.1) is 24.0 Å². The van der Waals surface area contributed by atoms with E-state index in [9.17, 15) is 10.1 Å². The van der Waals surface area contributed by atoms with E-state index < -0.39 is 4.92 Å². The van der Waals surface area contributed by atoms with Crippen molar-refractivity contribution in [1.29, 1.82) is 0 Å². The molecular formula is C16H12N6O4S2. The van der Waals surface area contributed by atoms with E-state index in [0.717, 1.165) is 15.6 Å². The molecule has 4 aromatic rings. The van der Waals surface area contributed by atoms with Crippen LogP contribution in [-0.4, -0.2) is 30.2 Å². The van der Waals surface area contributed by atoms with Crippen molar-refractivity contribution in [3.8, 4) is 22.2 Å². The van der Waals surface area contributed by atoms with Crippen molar-refractivity contribution >= 4 is 28.8 Å². The van der Waals surface area contributed by atoms with Crippen LogP contribution in [0.5, 0.6) is 0 Å². The summed E-state index contributed by atoms with van der Waals surface area (Å²) in [5, 5.41) is 24.1. The minimum Gasteiger partial charge on any atom is -0.410 e. The second-order valence-electron chi connectivity index (χ2n) is 5.63. The summed E-state index contributed by atoms with van der Waals surface area (Å²) in [7, 11) is 0. The molecule has 0 radical (unpaired) electrons. The highest BCUT2D eigenvalue weighted by molar-refractivity contribution is 7.98. The van der Waals surface area contributed by atoms with Gasteiger partial charge in [0, 0.05) is 17.7 Å². The van der Waals surface area contributed by atoms with Crippen LogP contribution in [0.15, 0.2) is 38.4 Å². The highest BCUT2D eigenvalue weighted by atomic mass is 32.2. The Labute approximate surface area is 166 Å². The summed E-state index contributed by atoms with van der Waals surface area (Å²) in [6, 6.07) is 6.05. The number of benzene rings is 1. The van der Waals surface area contributed by atoms with Crippen LogP contribution >= 0.6 is 23.1 Å². The molecule has 0 unspecified atom stereocenters. The minimum absolute atomic E-state index is 0.0368. The predicted octanol–water partition coefficient (Wildman–Crippen LogP) is 4.06. The first-order chi connectivity index (χ1) is 13.5. The maximum absolute atomic E-state index is 10.9. The van der Waals surface area contributed by atoms with Crippen molar-refractivity contribution in [2.75, 3.05) is 0 Å². The summed E-state index contributed by atoms with van der Waals surface area (Å²) < 4.78 is 10.9. The van der Waals surface area contributed by atoms with Gasteiger partial charge in [-0.05, 0) is 13.8 Å². The highest BCUT2D eigenvalue weighted by Gasteiger charge is 2.17. The van der Waals surface area contributed by atoms with Gasteiger partial charge in [0.2, 0.25) is 11.7 Å². The first-order valence-corrected chi connectivity index (χ1v) is 9.78. The van der Waals surface area contributed by atoms with Gasteiger partial charge in [-0.2, -0.15) is 4.98 Å². The molecule has 0 bridgehead atoms. The number of non-ortho nitro benzene ring substituents is 1. The van der Waals surface area contributed by atoms with Crippen molar-refractivity contribution in [2.45, 2.75) is 24.8 Å². The van der Waals surface area contributed by atoms with Gasteiger partial charge in [-0.15, -0.1) is 21.5 Å². The fourth-order valence-electron chi connectivity index (χ4n) is 2.40. The van der Waals surface area contributed by atoms with Crippen LogP contribution in [0.25, 0.3) is 22.2 Å². The van der Waals surface area contributed by atoms with Crippen LogP contribution in [0.3, 0.4) is 0 Å². The summed E-state index contributed by atoms with van der Waals surface area (Å²) in [5.41, 5.74) is 1.32. The maximum atomic E-state index is 10.9. The zero-order valence-electron chi connectivity index (χ0n) is 14.6. The lowest BCUT2D eigenvalue weighted by Crippen LogP contribution is -1.89. The van der Waals surface area contributed by atoms with Crippen LogP contribution in [0.4, 0.5) is 5.69 Å². The van der Waals surface area contributed by atoms with Gasteiger partial charge >= 0.3 is 0 Å². The molecule has 3 heterocycles. The Bertz CT molecular complexity index is 1150. The Morgan fingerprint density at radius 3 is 2.86 bits per heavy atom. The summed E-state index contributed by atoms with van der Waals surface area (Å²) in [4.78, 5) is 19.9. The molecule has 0 saturated carbocycles. The number of nitro benzene ring substituents is 1. The number of rotatable bonds is 6. The van der Waals surface area contributed by atoms with E-state index in [2.05, 4.69) is 25.3 Å². The van der Waals surface area contributed by atoms with E-state index in [1.165, 1.54) is 35.2 Å². The Kier molecular flexibility index (Phi) is 4.88. The monoisotopic (exact) mass is 416 g/mol. The number of thioether (sulfide) groups is 1. The molecule has 142 valence electrons. The van der Waals surface area contributed by atoms with Crippen molar-refractivity contribution in [3.05, 3.63) is 51.0 Å². The van der Waals surface area contributed by atoms with Gasteiger partial charge in [-0.1, -0.05) is 29.1 Å². The van der Waals surface area contributed by atoms with Crippen molar-refractivity contribution in [1.82, 2.24) is 25.3 Å². The maximum Gasteiger partial charge on any atom is 0.277 e. The zero-order chi connectivity index (χ0) is 19.7. The first kappa shape index (κ1) is 18.3. The van der Waals surface area contributed by atoms with Gasteiger partial charge < -0.3 is 8.94 Å². The Morgan fingerprint density at radius 1 is 1.25 bits per heavy atom. The number of thiazole rings is 1. The second kappa shape index (κ2) is 7.48. The van der Waals surface area contributed by atoms with E-state index in [1.54, 1.807) is 12.1 Å². The molecule has 1 aromatic carbocycles. The molecule has 0 aliphatic rings. The molecule has 12 heteroatoms. The van der Waals surface area contributed by atoms with E-state index in [1.807, 2.05) is 13.8 Å². The summed E-state index contributed by atoms with van der Waals surface area (Å²) in [6.07, 6.45) is 0. The fourth-order valence-corrected chi connectivity index (χ4v) is 3.84. The van der Waals surface area contributed by atoms with Crippen LogP contribution < -0.4 is 0 Å². The molecule has 0 N–H and O–H groups in total. The summed E-state index contributed by atoms with van der Waals surface area (Å²) in [5.74, 6) is 1.37. The molecule has 3 aromatic heterocycles. The van der Waals surface area contributed by atoms with E-state index in [0.29, 0.717) is 28.3 Å². The quantitative estimate of drug-likeness (QED) is 0.257. The van der Waals surface area contributed by atoms with Gasteiger partial charge in [-0.3, -0.25) is 10.1 Å². The topological polar surface area (TPSA) is 134 Å². The minimum atomic E-state index is -0.472. The Morgan fingerprint density at radius 2 is 2.11 bits per heavy atom.